The van der Waals surface area contributed by atoms with Crippen molar-refractivity contribution in [1.82, 2.24) is 5.32 Å². The van der Waals surface area contributed by atoms with E-state index in [0.717, 1.165) is 70.6 Å². The zero-order valence-corrected chi connectivity index (χ0v) is 43.7. The Kier molecular flexibility index (Phi) is 53.5. The first kappa shape index (κ1) is 63.3. The number of aliphatic hydroxyl groups excluding tert-OH is 2. The maximum atomic E-state index is 12.5. The molecule has 3 N–H and O–H groups in total. The summed E-state index contributed by atoms with van der Waals surface area (Å²) in [7, 11) is 0. The van der Waals surface area contributed by atoms with Crippen LogP contribution in [-0.2, 0) is 14.3 Å². The summed E-state index contributed by atoms with van der Waals surface area (Å²) in [4.78, 5) is 24.5. The maximum absolute atomic E-state index is 12.5. The minimum atomic E-state index is -0.681. The van der Waals surface area contributed by atoms with E-state index in [1.165, 1.54) is 212 Å². The second-order valence-electron chi connectivity index (χ2n) is 20.0. The van der Waals surface area contributed by atoms with Crippen LogP contribution in [0.3, 0.4) is 0 Å². The Hall–Kier alpha value is -1.66. The molecule has 0 saturated carbocycles. The van der Waals surface area contributed by atoms with Gasteiger partial charge in [0.05, 0.1) is 25.4 Å². The van der Waals surface area contributed by atoms with Crippen LogP contribution in [0, 0.1) is 0 Å². The molecule has 0 aliphatic carbocycles. The van der Waals surface area contributed by atoms with Crippen LogP contribution >= 0.6 is 0 Å². The standard InChI is InChI=1S/C59H113NO5/c1-3-5-7-9-11-13-15-17-19-20-21-22-23-24-25-26-27-28-29-31-35-39-43-47-51-57(62)56(55-61)60-58(63)52-48-44-40-36-33-34-38-42-46-50-54-65-59(64)53-49-45-41-37-32-30-18-16-14-12-10-8-6-4-2/h10,12,16,18,56-57,61-62H,3-9,11,13-15,17,19-55H2,1-2H3,(H,60,63)/b12-10-,18-16-. The van der Waals surface area contributed by atoms with E-state index in [9.17, 15) is 19.8 Å². The van der Waals surface area contributed by atoms with Crippen LogP contribution in [-0.4, -0.2) is 47.4 Å². The van der Waals surface area contributed by atoms with Gasteiger partial charge in [0.2, 0.25) is 5.91 Å². The normalized spacial score (nSPS) is 12.7. The average molecular weight is 917 g/mol. The molecule has 0 heterocycles. The Morgan fingerprint density at radius 1 is 0.431 bits per heavy atom. The third kappa shape index (κ3) is 51.6. The molecule has 0 radical (unpaired) electrons. The van der Waals surface area contributed by atoms with E-state index >= 15 is 0 Å². The van der Waals surface area contributed by atoms with Crippen LogP contribution in [0.1, 0.15) is 316 Å². The molecule has 0 aliphatic heterocycles. The highest BCUT2D eigenvalue weighted by Gasteiger charge is 2.20. The van der Waals surface area contributed by atoms with Gasteiger partial charge in [-0.05, 0) is 51.4 Å². The summed E-state index contributed by atoms with van der Waals surface area (Å²) < 4.78 is 5.45. The fraction of sp³-hybridized carbons (Fsp3) is 0.898. The van der Waals surface area contributed by atoms with Gasteiger partial charge in [-0.2, -0.15) is 0 Å². The van der Waals surface area contributed by atoms with Crippen molar-refractivity contribution in [3.8, 4) is 0 Å². The van der Waals surface area contributed by atoms with Crippen molar-refractivity contribution >= 4 is 11.9 Å². The fourth-order valence-corrected chi connectivity index (χ4v) is 9.01. The van der Waals surface area contributed by atoms with Gasteiger partial charge in [-0.15, -0.1) is 0 Å². The van der Waals surface area contributed by atoms with Crippen molar-refractivity contribution in [1.29, 1.82) is 0 Å². The summed E-state index contributed by atoms with van der Waals surface area (Å²) in [6.07, 6.45) is 65.9. The number of amides is 1. The number of rotatable bonds is 54. The first-order chi connectivity index (χ1) is 32.0. The minimum Gasteiger partial charge on any atom is -0.466 e. The maximum Gasteiger partial charge on any atom is 0.305 e. The number of hydrogen-bond acceptors (Lipinski definition) is 5. The molecule has 0 aromatic heterocycles. The number of unbranched alkanes of at least 4 members (excludes halogenated alkanes) is 39. The molecule has 0 rings (SSSR count). The highest BCUT2D eigenvalue weighted by atomic mass is 16.5. The molecule has 0 bridgehead atoms. The molecule has 0 fully saturated rings. The minimum absolute atomic E-state index is 0.0324. The van der Waals surface area contributed by atoms with Crippen molar-refractivity contribution in [2.45, 2.75) is 328 Å². The molecular formula is C59H113NO5. The lowest BCUT2D eigenvalue weighted by Crippen LogP contribution is -2.45. The van der Waals surface area contributed by atoms with Crippen molar-refractivity contribution in [2.75, 3.05) is 13.2 Å². The Balaban J connectivity index is 3.47. The molecular weight excluding hydrogens is 803 g/mol. The van der Waals surface area contributed by atoms with E-state index in [2.05, 4.69) is 43.5 Å². The van der Waals surface area contributed by atoms with Crippen LogP contribution in [0.25, 0.3) is 0 Å². The number of allylic oxidation sites excluding steroid dienone is 4. The van der Waals surface area contributed by atoms with Gasteiger partial charge in [-0.1, -0.05) is 276 Å². The zero-order chi connectivity index (χ0) is 47.2. The summed E-state index contributed by atoms with van der Waals surface area (Å²) in [5.41, 5.74) is 0. The zero-order valence-electron chi connectivity index (χ0n) is 43.7. The van der Waals surface area contributed by atoms with Crippen molar-refractivity contribution in [3.63, 3.8) is 0 Å². The second-order valence-corrected chi connectivity index (χ2v) is 20.0. The van der Waals surface area contributed by atoms with Crippen molar-refractivity contribution < 1.29 is 24.5 Å². The number of carbonyl (C=O) groups excluding carboxylic acids is 2. The molecule has 1 amide bonds. The highest BCUT2D eigenvalue weighted by Crippen LogP contribution is 2.18. The van der Waals surface area contributed by atoms with Crippen LogP contribution in [0.15, 0.2) is 24.3 Å². The molecule has 6 nitrogen and oxygen atoms in total. The molecule has 0 aromatic rings. The number of carbonyl (C=O) groups is 2. The van der Waals surface area contributed by atoms with Crippen molar-refractivity contribution in [3.05, 3.63) is 24.3 Å². The first-order valence-corrected chi connectivity index (χ1v) is 29.1. The topological polar surface area (TPSA) is 95.9 Å². The van der Waals surface area contributed by atoms with E-state index in [-0.39, 0.29) is 18.5 Å². The van der Waals surface area contributed by atoms with Gasteiger partial charge >= 0.3 is 5.97 Å². The largest absolute Gasteiger partial charge is 0.466 e. The second kappa shape index (κ2) is 54.9. The van der Waals surface area contributed by atoms with Gasteiger partial charge in [0.25, 0.3) is 0 Å². The number of nitrogens with one attached hydrogen (secondary N) is 1. The lowest BCUT2D eigenvalue weighted by Gasteiger charge is -2.22. The lowest BCUT2D eigenvalue weighted by molar-refractivity contribution is -0.143. The Bertz CT molecular complexity index is 1010. The number of hydrogen-bond donors (Lipinski definition) is 3. The summed E-state index contributed by atoms with van der Waals surface area (Å²) in [5.74, 6) is -0.0883. The van der Waals surface area contributed by atoms with Gasteiger partial charge in [0.15, 0.2) is 0 Å². The van der Waals surface area contributed by atoms with Gasteiger partial charge in [0.1, 0.15) is 0 Å². The highest BCUT2D eigenvalue weighted by molar-refractivity contribution is 5.76. The summed E-state index contributed by atoms with van der Waals surface area (Å²) >= 11 is 0. The Labute approximate surface area is 405 Å². The smallest absolute Gasteiger partial charge is 0.305 e. The fourth-order valence-electron chi connectivity index (χ4n) is 9.01. The van der Waals surface area contributed by atoms with Gasteiger partial charge in [0, 0.05) is 12.8 Å². The van der Waals surface area contributed by atoms with E-state index in [1.807, 2.05) is 0 Å². The van der Waals surface area contributed by atoms with E-state index in [4.69, 9.17) is 4.74 Å². The van der Waals surface area contributed by atoms with E-state index in [0.29, 0.717) is 25.9 Å². The van der Waals surface area contributed by atoms with Crippen LogP contribution in [0.2, 0.25) is 0 Å². The predicted molar refractivity (Wildman–Crippen MR) is 283 cm³/mol. The third-order valence-corrected chi connectivity index (χ3v) is 13.5. The average Bonchev–Trinajstić information content (AvgIpc) is 3.31. The first-order valence-electron chi connectivity index (χ1n) is 29.1. The Morgan fingerprint density at radius 2 is 0.785 bits per heavy atom. The summed E-state index contributed by atoms with van der Waals surface area (Å²) in [6.45, 7) is 4.87. The summed E-state index contributed by atoms with van der Waals surface area (Å²) in [6, 6.07) is -0.560. The van der Waals surface area contributed by atoms with Crippen LogP contribution < -0.4 is 5.32 Å². The molecule has 0 spiro atoms. The summed E-state index contributed by atoms with van der Waals surface area (Å²) in [5, 5.41) is 23.3. The van der Waals surface area contributed by atoms with Gasteiger partial charge < -0.3 is 20.3 Å². The number of ether oxygens (including phenoxy) is 1. The molecule has 2 unspecified atom stereocenters. The SMILES string of the molecule is CCCC/C=C\C/C=C\CCCCCCCC(=O)OCCCCCCCCCCCCC(=O)NC(CO)C(O)CCCCCCCCCCCCCCCCCCCCCCCCCC. The third-order valence-electron chi connectivity index (χ3n) is 13.5. The van der Waals surface area contributed by atoms with Crippen LogP contribution in [0.5, 0.6) is 0 Å². The molecule has 0 aliphatic rings. The molecule has 0 saturated heterocycles. The molecule has 65 heavy (non-hydrogen) atoms. The Morgan fingerprint density at radius 3 is 1.22 bits per heavy atom. The predicted octanol–water partition coefficient (Wildman–Crippen LogP) is 17.9. The molecule has 2 atom stereocenters. The molecule has 6 heteroatoms. The quantitative estimate of drug-likeness (QED) is 0.0321. The molecule has 0 aromatic carbocycles. The molecule has 384 valence electrons. The van der Waals surface area contributed by atoms with E-state index in [1.54, 1.807) is 0 Å². The van der Waals surface area contributed by atoms with Gasteiger partial charge in [-0.3, -0.25) is 9.59 Å². The van der Waals surface area contributed by atoms with Crippen LogP contribution in [0.4, 0.5) is 0 Å². The lowest BCUT2D eigenvalue weighted by atomic mass is 10.0. The number of aliphatic hydroxyl groups is 2. The van der Waals surface area contributed by atoms with Gasteiger partial charge in [-0.25, -0.2) is 0 Å². The van der Waals surface area contributed by atoms with Crippen molar-refractivity contribution in [2.24, 2.45) is 0 Å². The van der Waals surface area contributed by atoms with E-state index < -0.39 is 12.1 Å². The number of esters is 1. The monoisotopic (exact) mass is 916 g/mol.